The van der Waals surface area contributed by atoms with Gasteiger partial charge in [0.25, 0.3) is 0 Å². The Hall–Kier alpha value is -2.44. The fraction of sp³-hybridized carbons (Fsp3) is 0.273. The summed E-state index contributed by atoms with van der Waals surface area (Å²) < 4.78 is 20.9. The van der Waals surface area contributed by atoms with E-state index in [0.717, 1.165) is 6.20 Å². The van der Waals surface area contributed by atoms with Gasteiger partial charge >= 0.3 is 0 Å². The van der Waals surface area contributed by atoms with Crippen LogP contribution in [0.25, 0.3) is 6.08 Å². The minimum Gasteiger partial charge on any atom is -0.493 e. The minimum absolute atomic E-state index is 0.0600. The summed E-state index contributed by atoms with van der Waals surface area (Å²) in [5.74, 6) is 1.64. The molecule has 0 aromatic heterocycles. The normalized spacial score (nSPS) is 12.8. The molecule has 7 nitrogen and oxygen atoms in total. The van der Waals surface area contributed by atoms with Crippen molar-refractivity contribution >= 4 is 6.08 Å². The third kappa shape index (κ3) is 2.02. The predicted molar refractivity (Wildman–Crippen MR) is 61.7 cm³/mol. The third-order valence-electron chi connectivity index (χ3n) is 2.39. The van der Waals surface area contributed by atoms with Crippen molar-refractivity contribution in [2.75, 3.05) is 21.0 Å². The van der Waals surface area contributed by atoms with Crippen molar-refractivity contribution in [2.45, 2.75) is 0 Å². The molecule has 0 radical (unpaired) electrons. The number of benzene rings is 1. The summed E-state index contributed by atoms with van der Waals surface area (Å²) >= 11 is 0. The molecule has 1 heterocycles. The summed E-state index contributed by atoms with van der Waals surface area (Å²) in [7, 11) is 2.93. The summed E-state index contributed by atoms with van der Waals surface area (Å²) in [5.41, 5.74) is 0.482. The molecular weight excluding hydrogens is 242 g/mol. The molecule has 0 atom stereocenters. The van der Waals surface area contributed by atoms with Crippen LogP contribution in [-0.2, 0) is 0 Å². The number of hydrogen-bond acceptors (Lipinski definition) is 6. The molecule has 18 heavy (non-hydrogen) atoms. The summed E-state index contributed by atoms with van der Waals surface area (Å²) in [5, 5.41) is 10.4. The molecule has 0 saturated heterocycles. The molecule has 7 heteroatoms. The fourth-order valence-electron chi connectivity index (χ4n) is 1.66. The quantitative estimate of drug-likeness (QED) is 0.600. The van der Waals surface area contributed by atoms with Gasteiger partial charge < -0.3 is 18.9 Å². The van der Waals surface area contributed by atoms with E-state index in [1.807, 2.05) is 0 Å². The first-order valence-corrected chi connectivity index (χ1v) is 5.03. The van der Waals surface area contributed by atoms with E-state index in [-0.39, 0.29) is 6.79 Å². The average molecular weight is 253 g/mol. The van der Waals surface area contributed by atoms with Gasteiger partial charge in [-0.3, -0.25) is 10.1 Å². The average Bonchev–Trinajstić information content (AvgIpc) is 2.83. The van der Waals surface area contributed by atoms with Crippen molar-refractivity contribution < 1.29 is 23.9 Å². The lowest BCUT2D eigenvalue weighted by molar-refractivity contribution is -0.400. The van der Waals surface area contributed by atoms with Crippen LogP contribution < -0.4 is 18.9 Å². The van der Waals surface area contributed by atoms with Crippen LogP contribution in [-0.4, -0.2) is 25.9 Å². The van der Waals surface area contributed by atoms with E-state index in [1.54, 1.807) is 6.07 Å². The Morgan fingerprint density at radius 3 is 2.67 bits per heavy atom. The number of nitro groups is 1. The van der Waals surface area contributed by atoms with Crippen molar-refractivity contribution in [1.82, 2.24) is 0 Å². The second-order valence-corrected chi connectivity index (χ2v) is 3.37. The second-order valence-electron chi connectivity index (χ2n) is 3.37. The van der Waals surface area contributed by atoms with Gasteiger partial charge in [0.05, 0.1) is 19.1 Å². The Kier molecular flexibility index (Phi) is 3.22. The first kappa shape index (κ1) is 12.0. The molecule has 1 aromatic rings. The molecule has 0 bridgehead atoms. The van der Waals surface area contributed by atoms with Crippen LogP contribution in [0.4, 0.5) is 0 Å². The maximum atomic E-state index is 10.4. The van der Waals surface area contributed by atoms with Gasteiger partial charge in [-0.1, -0.05) is 0 Å². The van der Waals surface area contributed by atoms with Crippen molar-refractivity contribution in [3.05, 3.63) is 27.9 Å². The zero-order chi connectivity index (χ0) is 13.1. The summed E-state index contributed by atoms with van der Waals surface area (Å²) in [4.78, 5) is 9.79. The van der Waals surface area contributed by atoms with Crippen molar-refractivity contribution in [3.8, 4) is 23.0 Å². The summed E-state index contributed by atoms with van der Waals surface area (Å²) in [6.07, 6.45) is 2.13. The van der Waals surface area contributed by atoms with E-state index in [0.29, 0.717) is 28.6 Å². The highest BCUT2D eigenvalue weighted by Crippen LogP contribution is 2.49. The molecule has 0 unspecified atom stereocenters. The molecular formula is C11H11NO6. The van der Waals surface area contributed by atoms with Crippen LogP contribution >= 0.6 is 0 Å². The molecule has 2 rings (SSSR count). The smallest absolute Gasteiger partial charge is 0.235 e. The van der Waals surface area contributed by atoms with E-state index >= 15 is 0 Å². The molecule has 1 aliphatic rings. The molecule has 1 aromatic carbocycles. The minimum atomic E-state index is -0.559. The SMILES string of the molecule is COc1cc(C=C[N+](=O)[O-])c(OC)c2c1OCO2. The van der Waals surface area contributed by atoms with Crippen LogP contribution in [0.3, 0.4) is 0 Å². The number of methoxy groups -OCH3 is 2. The van der Waals surface area contributed by atoms with Crippen molar-refractivity contribution in [2.24, 2.45) is 0 Å². The predicted octanol–water partition coefficient (Wildman–Crippen LogP) is 1.68. The van der Waals surface area contributed by atoms with Gasteiger partial charge in [-0.25, -0.2) is 0 Å². The summed E-state index contributed by atoms with van der Waals surface area (Å²) in [6.45, 7) is 0.0600. The van der Waals surface area contributed by atoms with Crippen molar-refractivity contribution in [1.29, 1.82) is 0 Å². The van der Waals surface area contributed by atoms with E-state index in [1.165, 1.54) is 20.3 Å². The van der Waals surface area contributed by atoms with E-state index in [4.69, 9.17) is 18.9 Å². The highest BCUT2D eigenvalue weighted by molar-refractivity contribution is 5.71. The number of fused-ring (bicyclic) bond motifs is 1. The first-order chi connectivity index (χ1) is 8.67. The van der Waals surface area contributed by atoms with Gasteiger partial charge in [0.1, 0.15) is 0 Å². The second kappa shape index (κ2) is 4.82. The Bertz CT molecular complexity index is 511. The highest BCUT2D eigenvalue weighted by atomic mass is 16.7. The van der Waals surface area contributed by atoms with E-state index in [9.17, 15) is 10.1 Å². The van der Waals surface area contributed by atoms with Gasteiger partial charge in [-0.15, -0.1) is 0 Å². The van der Waals surface area contributed by atoms with Crippen LogP contribution in [0, 0.1) is 10.1 Å². The van der Waals surface area contributed by atoms with Crippen LogP contribution in [0.15, 0.2) is 12.3 Å². The van der Waals surface area contributed by atoms with Gasteiger partial charge in [0.2, 0.25) is 24.5 Å². The van der Waals surface area contributed by atoms with Crippen LogP contribution in [0.2, 0.25) is 0 Å². The zero-order valence-electron chi connectivity index (χ0n) is 9.84. The largest absolute Gasteiger partial charge is 0.493 e. The number of nitrogens with zero attached hydrogens (tertiary/aromatic N) is 1. The van der Waals surface area contributed by atoms with E-state index in [2.05, 4.69) is 0 Å². The lowest BCUT2D eigenvalue weighted by atomic mass is 10.1. The zero-order valence-corrected chi connectivity index (χ0v) is 9.84. The number of ether oxygens (including phenoxy) is 4. The van der Waals surface area contributed by atoms with Gasteiger partial charge in [-0.2, -0.15) is 0 Å². The molecule has 1 aliphatic heterocycles. The molecule has 0 spiro atoms. The van der Waals surface area contributed by atoms with E-state index < -0.39 is 4.92 Å². The van der Waals surface area contributed by atoms with Gasteiger partial charge in [-0.05, 0) is 6.07 Å². The van der Waals surface area contributed by atoms with Gasteiger partial charge in [0.15, 0.2) is 11.5 Å². The number of rotatable bonds is 4. The molecule has 0 fully saturated rings. The standard InChI is InChI=1S/C11H11NO6/c1-15-8-5-7(3-4-12(13)14)9(16-2)11-10(8)17-6-18-11/h3-5H,6H2,1-2H3. The maximum absolute atomic E-state index is 10.4. The van der Waals surface area contributed by atoms with Gasteiger partial charge in [0, 0.05) is 11.6 Å². The molecule has 96 valence electrons. The van der Waals surface area contributed by atoms with Crippen molar-refractivity contribution in [3.63, 3.8) is 0 Å². The van der Waals surface area contributed by atoms with Crippen LogP contribution in [0.5, 0.6) is 23.0 Å². The molecule has 0 N–H and O–H groups in total. The fourth-order valence-corrected chi connectivity index (χ4v) is 1.66. The monoisotopic (exact) mass is 253 g/mol. The Balaban J connectivity index is 2.55. The first-order valence-electron chi connectivity index (χ1n) is 5.03. The van der Waals surface area contributed by atoms with Crippen LogP contribution in [0.1, 0.15) is 5.56 Å². The lowest BCUT2D eigenvalue weighted by Crippen LogP contribution is -1.94. The Labute approximate surface area is 103 Å². The number of hydrogen-bond donors (Lipinski definition) is 0. The Morgan fingerprint density at radius 2 is 2.06 bits per heavy atom. The summed E-state index contributed by atoms with van der Waals surface area (Å²) in [6, 6.07) is 1.59. The highest BCUT2D eigenvalue weighted by Gasteiger charge is 2.26. The molecule has 0 aliphatic carbocycles. The Morgan fingerprint density at radius 1 is 1.33 bits per heavy atom. The molecule has 0 saturated carbocycles. The molecule has 0 amide bonds. The maximum Gasteiger partial charge on any atom is 0.235 e. The lowest BCUT2D eigenvalue weighted by Gasteiger charge is -2.11. The third-order valence-corrected chi connectivity index (χ3v) is 2.39. The topological polar surface area (TPSA) is 80.1 Å².